The number of esters is 2. The standard InChI is InChI=1S/C21H32O4/c1-4-5-6-11-16-24-20(22)14-9-10-15-21(23)25-19-13-8-7-12-18(19)17(2)3/h7-8,12-13,17H,4-6,9-11,14-16H2,1-3H3. The Bertz CT molecular complexity index is 522. The van der Waals surface area contributed by atoms with Crippen molar-refractivity contribution in [3.63, 3.8) is 0 Å². The Morgan fingerprint density at radius 2 is 1.60 bits per heavy atom. The van der Waals surface area contributed by atoms with Gasteiger partial charge >= 0.3 is 11.9 Å². The minimum Gasteiger partial charge on any atom is -0.466 e. The van der Waals surface area contributed by atoms with E-state index in [1.807, 2.05) is 24.3 Å². The molecule has 0 aliphatic heterocycles. The molecule has 0 atom stereocenters. The average molecular weight is 348 g/mol. The maximum atomic E-state index is 12.0. The van der Waals surface area contributed by atoms with E-state index in [-0.39, 0.29) is 11.9 Å². The molecule has 0 heterocycles. The molecule has 0 unspecified atom stereocenters. The van der Waals surface area contributed by atoms with E-state index < -0.39 is 0 Å². The fourth-order valence-corrected chi connectivity index (χ4v) is 2.55. The molecule has 0 amide bonds. The smallest absolute Gasteiger partial charge is 0.311 e. The summed E-state index contributed by atoms with van der Waals surface area (Å²) in [6.07, 6.45) is 6.35. The number of para-hydroxylation sites is 1. The highest BCUT2D eigenvalue weighted by Gasteiger charge is 2.11. The van der Waals surface area contributed by atoms with Crippen molar-refractivity contribution >= 4 is 11.9 Å². The second-order valence-corrected chi connectivity index (χ2v) is 6.65. The number of rotatable bonds is 12. The van der Waals surface area contributed by atoms with E-state index in [4.69, 9.17) is 9.47 Å². The van der Waals surface area contributed by atoms with Crippen LogP contribution in [0, 0.1) is 0 Å². The zero-order valence-corrected chi connectivity index (χ0v) is 15.9. The highest BCUT2D eigenvalue weighted by Crippen LogP contribution is 2.26. The van der Waals surface area contributed by atoms with Gasteiger partial charge < -0.3 is 9.47 Å². The number of benzene rings is 1. The zero-order valence-electron chi connectivity index (χ0n) is 15.9. The molecule has 0 aromatic heterocycles. The maximum absolute atomic E-state index is 12.0. The normalized spacial score (nSPS) is 10.7. The molecule has 0 bridgehead atoms. The summed E-state index contributed by atoms with van der Waals surface area (Å²) < 4.78 is 10.6. The summed E-state index contributed by atoms with van der Waals surface area (Å²) in [5, 5.41) is 0. The van der Waals surface area contributed by atoms with Crippen molar-refractivity contribution in [1.29, 1.82) is 0 Å². The van der Waals surface area contributed by atoms with Crippen LogP contribution in [-0.4, -0.2) is 18.5 Å². The summed E-state index contributed by atoms with van der Waals surface area (Å²) in [4.78, 5) is 23.6. The van der Waals surface area contributed by atoms with Gasteiger partial charge in [-0.05, 0) is 36.8 Å². The van der Waals surface area contributed by atoms with Crippen molar-refractivity contribution in [3.8, 4) is 5.75 Å². The quantitative estimate of drug-likeness (QED) is 0.288. The first kappa shape index (κ1) is 21.2. The number of hydrogen-bond acceptors (Lipinski definition) is 4. The molecular weight excluding hydrogens is 316 g/mol. The maximum Gasteiger partial charge on any atom is 0.311 e. The summed E-state index contributed by atoms with van der Waals surface area (Å²) in [5.41, 5.74) is 1.03. The van der Waals surface area contributed by atoms with Crippen LogP contribution in [0.1, 0.15) is 83.6 Å². The lowest BCUT2D eigenvalue weighted by atomic mass is 10.0. The van der Waals surface area contributed by atoms with Crippen LogP contribution in [0.2, 0.25) is 0 Å². The molecule has 0 N–H and O–H groups in total. The minimum atomic E-state index is -0.249. The van der Waals surface area contributed by atoms with Crippen LogP contribution in [0.4, 0.5) is 0 Å². The number of hydrogen-bond donors (Lipinski definition) is 0. The molecule has 140 valence electrons. The predicted molar refractivity (Wildman–Crippen MR) is 99.7 cm³/mol. The monoisotopic (exact) mass is 348 g/mol. The SMILES string of the molecule is CCCCCCOC(=O)CCCCC(=O)Oc1ccccc1C(C)C. The van der Waals surface area contributed by atoms with Gasteiger partial charge in [0.25, 0.3) is 0 Å². The number of carbonyl (C=O) groups excluding carboxylic acids is 2. The van der Waals surface area contributed by atoms with E-state index in [1.165, 1.54) is 12.8 Å². The molecular formula is C21H32O4. The van der Waals surface area contributed by atoms with Gasteiger partial charge in [0.1, 0.15) is 5.75 Å². The van der Waals surface area contributed by atoms with E-state index in [1.54, 1.807) is 0 Å². The lowest BCUT2D eigenvalue weighted by Gasteiger charge is -2.12. The van der Waals surface area contributed by atoms with E-state index in [2.05, 4.69) is 20.8 Å². The van der Waals surface area contributed by atoms with Crippen LogP contribution in [-0.2, 0) is 14.3 Å². The molecule has 0 radical (unpaired) electrons. The molecule has 25 heavy (non-hydrogen) atoms. The first-order valence-corrected chi connectivity index (χ1v) is 9.49. The zero-order chi connectivity index (χ0) is 18.5. The number of ether oxygens (including phenoxy) is 2. The summed E-state index contributed by atoms with van der Waals surface area (Å²) in [7, 11) is 0. The summed E-state index contributed by atoms with van der Waals surface area (Å²) in [5.74, 6) is 0.515. The largest absolute Gasteiger partial charge is 0.466 e. The van der Waals surface area contributed by atoms with Crippen LogP contribution in [0.3, 0.4) is 0 Å². The molecule has 0 fully saturated rings. The lowest BCUT2D eigenvalue weighted by molar-refractivity contribution is -0.144. The highest BCUT2D eigenvalue weighted by atomic mass is 16.5. The van der Waals surface area contributed by atoms with Crippen LogP contribution >= 0.6 is 0 Å². The third kappa shape index (κ3) is 9.28. The summed E-state index contributed by atoms with van der Waals surface area (Å²) >= 11 is 0. The summed E-state index contributed by atoms with van der Waals surface area (Å²) in [6, 6.07) is 7.61. The number of unbranched alkanes of at least 4 members (excludes halogenated alkanes) is 4. The van der Waals surface area contributed by atoms with Crippen molar-refractivity contribution in [3.05, 3.63) is 29.8 Å². The van der Waals surface area contributed by atoms with Crippen LogP contribution in [0.5, 0.6) is 5.75 Å². The highest BCUT2D eigenvalue weighted by molar-refractivity contribution is 5.73. The molecule has 1 aromatic carbocycles. The molecule has 4 nitrogen and oxygen atoms in total. The van der Waals surface area contributed by atoms with Gasteiger partial charge in [0.05, 0.1) is 6.61 Å². The fourth-order valence-electron chi connectivity index (χ4n) is 2.55. The van der Waals surface area contributed by atoms with Crippen LogP contribution in [0.15, 0.2) is 24.3 Å². The molecule has 0 saturated carbocycles. The van der Waals surface area contributed by atoms with E-state index in [9.17, 15) is 9.59 Å². The van der Waals surface area contributed by atoms with Gasteiger partial charge in [-0.2, -0.15) is 0 Å². The Labute approximate surface area is 151 Å². The van der Waals surface area contributed by atoms with Gasteiger partial charge in [-0.25, -0.2) is 0 Å². The second-order valence-electron chi connectivity index (χ2n) is 6.65. The van der Waals surface area contributed by atoms with Crippen molar-refractivity contribution < 1.29 is 19.1 Å². The van der Waals surface area contributed by atoms with Crippen molar-refractivity contribution in [1.82, 2.24) is 0 Å². The van der Waals surface area contributed by atoms with Crippen molar-refractivity contribution in [2.75, 3.05) is 6.61 Å². The third-order valence-corrected chi connectivity index (χ3v) is 4.04. The average Bonchev–Trinajstić information content (AvgIpc) is 2.59. The van der Waals surface area contributed by atoms with Crippen molar-refractivity contribution in [2.24, 2.45) is 0 Å². The first-order chi connectivity index (χ1) is 12.0. The fraction of sp³-hybridized carbons (Fsp3) is 0.619. The van der Waals surface area contributed by atoms with Gasteiger partial charge in [0.15, 0.2) is 0 Å². The molecule has 1 rings (SSSR count). The van der Waals surface area contributed by atoms with Gasteiger partial charge in [-0.1, -0.05) is 58.2 Å². The van der Waals surface area contributed by atoms with Gasteiger partial charge in [-0.3, -0.25) is 9.59 Å². The molecule has 0 saturated heterocycles. The van der Waals surface area contributed by atoms with Gasteiger partial charge in [0, 0.05) is 12.8 Å². The van der Waals surface area contributed by atoms with Gasteiger partial charge in [-0.15, -0.1) is 0 Å². The Balaban J connectivity index is 2.18. The van der Waals surface area contributed by atoms with Gasteiger partial charge in [0.2, 0.25) is 0 Å². The van der Waals surface area contributed by atoms with E-state index in [0.717, 1.165) is 18.4 Å². The van der Waals surface area contributed by atoms with Crippen LogP contribution < -0.4 is 4.74 Å². The van der Waals surface area contributed by atoms with Crippen LogP contribution in [0.25, 0.3) is 0 Å². The van der Waals surface area contributed by atoms with Crippen molar-refractivity contribution in [2.45, 2.75) is 78.1 Å². The topological polar surface area (TPSA) is 52.6 Å². The Hall–Kier alpha value is -1.84. The molecule has 4 heteroatoms. The Kier molecular flexibility index (Phi) is 10.6. The first-order valence-electron chi connectivity index (χ1n) is 9.49. The number of carbonyl (C=O) groups is 2. The molecule has 0 aliphatic carbocycles. The predicted octanol–water partition coefficient (Wildman–Crippen LogP) is 5.40. The van der Waals surface area contributed by atoms with E-state index in [0.29, 0.717) is 44.0 Å². The lowest BCUT2D eigenvalue weighted by Crippen LogP contribution is -2.10. The molecule has 1 aromatic rings. The minimum absolute atomic E-state index is 0.171. The molecule has 0 aliphatic rings. The molecule has 0 spiro atoms. The Morgan fingerprint density at radius 3 is 2.28 bits per heavy atom. The second kappa shape index (κ2) is 12.5. The third-order valence-electron chi connectivity index (χ3n) is 4.04. The summed E-state index contributed by atoms with van der Waals surface area (Å²) in [6.45, 7) is 6.80. The van der Waals surface area contributed by atoms with E-state index >= 15 is 0 Å². The Morgan fingerprint density at radius 1 is 0.920 bits per heavy atom.